The van der Waals surface area contributed by atoms with Gasteiger partial charge < -0.3 is 10.5 Å². The molecular formula is C19H19N3O2S. The van der Waals surface area contributed by atoms with Gasteiger partial charge in [0, 0.05) is 16.8 Å². The van der Waals surface area contributed by atoms with Crippen LogP contribution in [0.25, 0.3) is 0 Å². The molecule has 0 saturated heterocycles. The lowest BCUT2D eigenvalue weighted by molar-refractivity contribution is 0.222. The highest BCUT2D eigenvalue weighted by Crippen LogP contribution is 2.34. The van der Waals surface area contributed by atoms with Crippen LogP contribution in [0.2, 0.25) is 0 Å². The summed E-state index contributed by atoms with van der Waals surface area (Å²) < 4.78 is 5.48. The number of carbonyl (C=O) groups is 1. The van der Waals surface area contributed by atoms with Crippen LogP contribution in [-0.2, 0) is 13.2 Å². The third-order valence-electron chi connectivity index (χ3n) is 4.42. The van der Waals surface area contributed by atoms with Crippen LogP contribution in [0.4, 0.5) is 10.5 Å². The number of fused-ring (bicyclic) bond motifs is 1. The molecule has 2 aromatic rings. The zero-order valence-electron chi connectivity index (χ0n) is 13.9. The number of thioether (sulfide) groups is 1. The molecule has 1 atom stereocenters. The summed E-state index contributed by atoms with van der Waals surface area (Å²) in [6.45, 7) is 3.19. The van der Waals surface area contributed by atoms with Gasteiger partial charge in [-0.2, -0.15) is 5.10 Å². The Bertz CT molecular complexity index is 848. The molecule has 2 aliphatic heterocycles. The minimum atomic E-state index is -0.0207. The van der Waals surface area contributed by atoms with E-state index in [2.05, 4.69) is 19.1 Å². The van der Waals surface area contributed by atoms with E-state index in [1.54, 1.807) is 0 Å². The van der Waals surface area contributed by atoms with Gasteiger partial charge in [-0.1, -0.05) is 43.0 Å². The largest absolute Gasteiger partial charge is 0.488 e. The van der Waals surface area contributed by atoms with Crippen molar-refractivity contribution in [3.63, 3.8) is 0 Å². The number of amides is 1. The summed E-state index contributed by atoms with van der Waals surface area (Å²) in [5, 5.41) is 6.27. The lowest BCUT2D eigenvalue weighted by Gasteiger charge is -2.29. The quantitative estimate of drug-likeness (QED) is 0.843. The number of hydrogen-bond donors (Lipinski definition) is 1. The summed E-state index contributed by atoms with van der Waals surface area (Å²) in [7, 11) is 0. The first-order chi connectivity index (χ1) is 12.1. The fourth-order valence-corrected chi connectivity index (χ4v) is 3.86. The van der Waals surface area contributed by atoms with Gasteiger partial charge in [0.2, 0.25) is 0 Å². The second-order valence-corrected chi connectivity index (χ2v) is 7.33. The molecule has 5 nitrogen and oxygen atoms in total. The van der Waals surface area contributed by atoms with E-state index in [1.165, 1.54) is 22.3 Å². The summed E-state index contributed by atoms with van der Waals surface area (Å²) in [6, 6.07) is 13.7. The number of hydrogen-bond acceptors (Lipinski definition) is 5. The Kier molecular flexibility index (Phi) is 4.13. The first-order valence-corrected chi connectivity index (χ1v) is 9.19. The van der Waals surface area contributed by atoms with Gasteiger partial charge in [0.15, 0.2) is 0 Å². The first-order valence-electron chi connectivity index (χ1n) is 8.31. The lowest BCUT2D eigenvalue weighted by Crippen LogP contribution is -2.35. The van der Waals surface area contributed by atoms with Crippen LogP contribution < -0.4 is 10.5 Å². The van der Waals surface area contributed by atoms with Gasteiger partial charge in [0.05, 0.1) is 17.5 Å². The Morgan fingerprint density at radius 1 is 1.28 bits per heavy atom. The molecule has 128 valence electrons. The molecule has 1 unspecified atom stereocenters. The van der Waals surface area contributed by atoms with Crippen LogP contribution in [0.3, 0.4) is 0 Å². The molecule has 2 aliphatic rings. The normalized spacial score (nSPS) is 18.9. The molecule has 25 heavy (non-hydrogen) atoms. The van der Waals surface area contributed by atoms with E-state index in [1.807, 2.05) is 30.3 Å². The van der Waals surface area contributed by atoms with E-state index in [4.69, 9.17) is 15.6 Å². The topological polar surface area (TPSA) is 67.9 Å². The minimum absolute atomic E-state index is 0.0207. The van der Waals surface area contributed by atoms with Gasteiger partial charge in [0.1, 0.15) is 12.4 Å². The second kappa shape index (κ2) is 6.44. The highest BCUT2D eigenvalue weighted by atomic mass is 32.2. The molecule has 0 spiro atoms. The van der Waals surface area contributed by atoms with Gasteiger partial charge >= 0.3 is 5.24 Å². The molecule has 6 heteroatoms. The van der Waals surface area contributed by atoms with Gasteiger partial charge in [0.25, 0.3) is 0 Å². The molecule has 2 aromatic carbocycles. The van der Waals surface area contributed by atoms with Crippen molar-refractivity contribution >= 4 is 28.4 Å². The Morgan fingerprint density at radius 2 is 2.08 bits per heavy atom. The van der Waals surface area contributed by atoms with E-state index in [9.17, 15) is 4.79 Å². The molecule has 0 fully saturated rings. The molecule has 0 saturated carbocycles. The van der Waals surface area contributed by atoms with E-state index in [0.717, 1.165) is 29.0 Å². The Balaban J connectivity index is 1.65. The fourth-order valence-electron chi connectivity index (χ4n) is 2.93. The molecular weight excluding hydrogens is 334 g/mol. The SMILES string of the molecule is CCC1SC(=O)N(Cc2ccc(N)cc2)N=C1c1ccc2c(c1)OC2. The maximum atomic E-state index is 12.5. The van der Waals surface area contributed by atoms with Crippen LogP contribution >= 0.6 is 11.8 Å². The number of benzene rings is 2. The van der Waals surface area contributed by atoms with Crippen LogP contribution in [0, 0.1) is 0 Å². The molecule has 2 heterocycles. The number of carbonyl (C=O) groups excluding carboxylic acids is 1. The summed E-state index contributed by atoms with van der Waals surface area (Å²) in [5.74, 6) is 0.919. The zero-order valence-corrected chi connectivity index (χ0v) is 14.8. The van der Waals surface area contributed by atoms with E-state index < -0.39 is 0 Å². The molecule has 0 aliphatic carbocycles. The number of nitrogens with zero attached hydrogens (tertiary/aromatic N) is 2. The number of nitrogen functional groups attached to an aromatic ring is 1. The van der Waals surface area contributed by atoms with Crippen LogP contribution in [0.5, 0.6) is 5.75 Å². The standard InChI is InChI=1S/C19H19N3O2S/c1-2-17-18(13-5-6-14-11-24-16(14)9-13)21-22(19(23)25-17)10-12-3-7-15(20)8-4-12/h3-9,17H,2,10-11,20H2,1H3. The van der Waals surface area contributed by atoms with E-state index in [-0.39, 0.29) is 10.5 Å². The first kappa shape index (κ1) is 16.0. The molecule has 1 amide bonds. The predicted octanol–water partition coefficient (Wildman–Crippen LogP) is 4.01. The highest BCUT2D eigenvalue weighted by Gasteiger charge is 2.31. The Labute approximate surface area is 150 Å². The van der Waals surface area contributed by atoms with E-state index >= 15 is 0 Å². The third-order valence-corrected chi connectivity index (χ3v) is 5.67. The fraction of sp³-hybridized carbons (Fsp3) is 0.263. The maximum Gasteiger partial charge on any atom is 0.302 e. The third kappa shape index (κ3) is 3.09. The summed E-state index contributed by atoms with van der Waals surface area (Å²) >= 11 is 1.34. The average molecular weight is 353 g/mol. The summed E-state index contributed by atoms with van der Waals surface area (Å²) in [5.41, 5.74) is 10.6. The van der Waals surface area contributed by atoms with Gasteiger partial charge in [-0.25, -0.2) is 5.01 Å². The van der Waals surface area contributed by atoms with Crippen molar-refractivity contribution in [2.75, 3.05) is 5.73 Å². The minimum Gasteiger partial charge on any atom is -0.488 e. The van der Waals surface area contributed by atoms with Crippen LogP contribution in [0.1, 0.15) is 30.0 Å². The van der Waals surface area contributed by atoms with Crippen molar-refractivity contribution < 1.29 is 9.53 Å². The van der Waals surface area contributed by atoms with Crippen LogP contribution in [0.15, 0.2) is 47.6 Å². The van der Waals surface area contributed by atoms with Gasteiger partial charge in [-0.15, -0.1) is 0 Å². The lowest BCUT2D eigenvalue weighted by atomic mass is 10.0. The predicted molar refractivity (Wildman–Crippen MR) is 101 cm³/mol. The Morgan fingerprint density at radius 3 is 2.72 bits per heavy atom. The smallest absolute Gasteiger partial charge is 0.302 e. The van der Waals surface area contributed by atoms with Gasteiger partial charge in [-0.3, -0.25) is 4.79 Å². The number of anilines is 1. The monoisotopic (exact) mass is 353 g/mol. The van der Waals surface area contributed by atoms with Crippen molar-refractivity contribution in [3.8, 4) is 5.75 Å². The molecule has 0 bridgehead atoms. The maximum absolute atomic E-state index is 12.5. The van der Waals surface area contributed by atoms with Crippen molar-refractivity contribution in [3.05, 3.63) is 59.2 Å². The molecule has 0 radical (unpaired) electrons. The number of hydrazone groups is 1. The van der Waals surface area contributed by atoms with Crippen molar-refractivity contribution in [1.82, 2.24) is 5.01 Å². The number of ether oxygens (including phenoxy) is 1. The number of rotatable bonds is 4. The van der Waals surface area contributed by atoms with Gasteiger partial charge in [-0.05, 0) is 30.2 Å². The molecule has 4 rings (SSSR count). The van der Waals surface area contributed by atoms with Crippen molar-refractivity contribution in [1.29, 1.82) is 0 Å². The molecule has 0 aromatic heterocycles. The second-order valence-electron chi connectivity index (χ2n) is 6.18. The highest BCUT2D eigenvalue weighted by molar-refractivity contribution is 8.14. The molecule has 2 N–H and O–H groups in total. The zero-order chi connectivity index (χ0) is 17.4. The van der Waals surface area contributed by atoms with Crippen LogP contribution in [-0.4, -0.2) is 21.2 Å². The average Bonchev–Trinajstić information content (AvgIpc) is 2.59. The Hall–Kier alpha value is -2.47. The summed E-state index contributed by atoms with van der Waals surface area (Å²) in [6.07, 6.45) is 0.850. The van der Waals surface area contributed by atoms with E-state index in [0.29, 0.717) is 18.8 Å². The summed E-state index contributed by atoms with van der Waals surface area (Å²) in [4.78, 5) is 12.5. The van der Waals surface area contributed by atoms with Crippen molar-refractivity contribution in [2.45, 2.75) is 31.7 Å². The van der Waals surface area contributed by atoms with Crippen molar-refractivity contribution in [2.24, 2.45) is 5.10 Å². The number of nitrogens with two attached hydrogens (primary N) is 1.